The number of aromatic nitrogens is 2. The molecule has 1 saturated heterocycles. The monoisotopic (exact) mass is 212 g/mol. The number of nitrogens with two attached hydrogens (primary N) is 1. The van der Waals surface area contributed by atoms with Gasteiger partial charge in [0.2, 0.25) is 0 Å². The lowest BCUT2D eigenvalue weighted by atomic mass is 10.1. The number of ether oxygens (including phenoxy) is 2. The van der Waals surface area contributed by atoms with Crippen molar-refractivity contribution in [2.24, 2.45) is 12.9 Å². The van der Waals surface area contributed by atoms with E-state index in [1.807, 2.05) is 13.2 Å². The molecule has 2 rings (SSSR count). The van der Waals surface area contributed by atoms with Gasteiger partial charge in [0.25, 0.3) is 0 Å². The maximum absolute atomic E-state index is 5.59. The lowest BCUT2D eigenvalue weighted by Crippen LogP contribution is -2.43. The smallest absolute Gasteiger partial charge is 0.102 e. The summed E-state index contributed by atoms with van der Waals surface area (Å²) in [5, 5.41) is 4.11. The van der Waals surface area contributed by atoms with Gasteiger partial charge in [-0.2, -0.15) is 5.10 Å². The molecule has 1 aromatic heterocycles. The van der Waals surface area contributed by atoms with Crippen LogP contribution in [0.1, 0.15) is 11.6 Å². The van der Waals surface area contributed by atoms with Crippen LogP contribution in [0, 0.1) is 0 Å². The van der Waals surface area contributed by atoms with Crippen LogP contribution in [0.4, 0.5) is 0 Å². The van der Waals surface area contributed by atoms with Gasteiger partial charge in [0.1, 0.15) is 6.10 Å². The van der Waals surface area contributed by atoms with Crippen molar-refractivity contribution >= 4 is 0 Å². The quantitative estimate of drug-likeness (QED) is 0.514. The van der Waals surface area contributed by atoms with Crippen LogP contribution in [0.5, 0.6) is 0 Å². The second-order valence-corrected chi connectivity index (χ2v) is 3.58. The zero-order valence-electron chi connectivity index (χ0n) is 8.72. The van der Waals surface area contributed by atoms with E-state index in [-0.39, 0.29) is 12.1 Å². The largest absolute Gasteiger partial charge is 0.376 e. The Kier molecular flexibility index (Phi) is 3.32. The summed E-state index contributed by atoms with van der Waals surface area (Å²) < 4.78 is 12.7. The molecule has 0 bridgehead atoms. The highest BCUT2D eigenvalue weighted by atomic mass is 16.6. The minimum atomic E-state index is -0.0704. The maximum atomic E-state index is 5.59. The molecule has 0 radical (unpaired) electrons. The molecule has 2 unspecified atom stereocenters. The normalized spacial score (nSPS) is 24.0. The van der Waals surface area contributed by atoms with Crippen molar-refractivity contribution in [2.45, 2.75) is 12.1 Å². The summed E-state index contributed by atoms with van der Waals surface area (Å²) in [5.41, 5.74) is 3.75. The standard InChI is InChI=1S/C9H16N4O2/c1-13-5-7(4-11-13)9(12-10)8-6-14-2-3-15-8/h4-5,8-9,12H,2-3,6,10H2,1H3. The molecule has 6 heteroatoms. The Morgan fingerprint density at radius 3 is 3.07 bits per heavy atom. The average molecular weight is 212 g/mol. The van der Waals surface area contributed by atoms with Gasteiger partial charge in [0, 0.05) is 18.8 Å². The van der Waals surface area contributed by atoms with E-state index in [9.17, 15) is 0 Å². The molecule has 3 N–H and O–H groups in total. The maximum Gasteiger partial charge on any atom is 0.102 e. The number of nitrogens with zero attached hydrogens (tertiary/aromatic N) is 2. The molecule has 0 amide bonds. The molecule has 6 nitrogen and oxygen atoms in total. The highest BCUT2D eigenvalue weighted by Gasteiger charge is 2.26. The Bertz CT molecular complexity index is 309. The molecule has 0 saturated carbocycles. The summed E-state index contributed by atoms with van der Waals surface area (Å²) in [5.74, 6) is 5.52. The van der Waals surface area contributed by atoms with Crippen LogP contribution in [-0.4, -0.2) is 35.7 Å². The van der Waals surface area contributed by atoms with Gasteiger partial charge >= 0.3 is 0 Å². The summed E-state index contributed by atoms with van der Waals surface area (Å²) in [6.45, 7) is 1.83. The number of nitrogens with one attached hydrogen (secondary N) is 1. The Morgan fingerprint density at radius 1 is 1.67 bits per heavy atom. The summed E-state index contributed by atoms with van der Waals surface area (Å²) in [4.78, 5) is 0. The number of hydrogen-bond acceptors (Lipinski definition) is 5. The third-order valence-electron chi connectivity index (χ3n) is 2.48. The minimum Gasteiger partial charge on any atom is -0.376 e. The van der Waals surface area contributed by atoms with E-state index in [1.165, 1.54) is 0 Å². The van der Waals surface area contributed by atoms with Gasteiger partial charge in [0.05, 0.1) is 32.1 Å². The van der Waals surface area contributed by atoms with Crippen molar-refractivity contribution in [3.05, 3.63) is 18.0 Å². The number of rotatable bonds is 3. The van der Waals surface area contributed by atoms with Gasteiger partial charge in [-0.05, 0) is 0 Å². The van der Waals surface area contributed by atoms with Gasteiger partial charge in [0.15, 0.2) is 0 Å². The summed E-state index contributed by atoms with van der Waals surface area (Å²) >= 11 is 0. The molecule has 2 heterocycles. The first-order valence-corrected chi connectivity index (χ1v) is 4.95. The van der Waals surface area contributed by atoms with Gasteiger partial charge in [-0.3, -0.25) is 16.0 Å². The van der Waals surface area contributed by atoms with Crippen LogP contribution in [0.25, 0.3) is 0 Å². The lowest BCUT2D eigenvalue weighted by molar-refractivity contribution is -0.102. The number of hydrazine groups is 1. The lowest BCUT2D eigenvalue weighted by Gasteiger charge is -2.29. The van der Waals surface area contributed by atoms with Crippen LogP contribution in [0.3, 0.4) is 0 Å². The average Bonchev–Trinajstić information content (AvgIpc) is 2.68. The molecule has 0 spiro atoms. The van der Waals surface area contributed by atoms with Crippen molar-refractivity contribution in [1.29, 1.82) is 0 Å². The van der Waals surface area contributed by atoms with Crippen molar-refractivity contribution < 1.29 is 9.47 Å². The second-order valence-electron chi connectivity index (χ2n) is 3.58. The molecule has 84 valence electrons. The Morgan fingerprint density at radius 2 is 2.53 bits per heavy atom. The Hall–Kier alpha value is -0.950. The first-order valence-electron chi connectivity index (χ1n) is 4.95. The zero-order valence-corrected chi connectivity index (χ0v) is 8.72. The number of hydrogen-bond donors (Lipinski definition) is 2. The number of aryl methyl sites for hydroxylation is 1. The van der Waals surface area contributed by atoms with E-state index >= 15 is 0 Å². The third kappa shape index (κ3) is 2.35. The molecule has 0 aliphatic carbocycles. The molecule has 0 aromatic carbocycles. The second kappa shape index (κ2) is 4.71. The van der Waals surface area contributed by atoms with E-state index in [2.05, 4.69) is 10.5 Å². The fourth-order valence-electron chi connectivity index (χ4n) is 1.72. The van der Waals surface area contributed by atoms with Crippen LogP contribution < -0.4 is 11.3 Å². The van der Waals surface area contributed by atoms with Crippen molar-refractivity contribution in [2.75, 3.05) is 19.8 Å². The van der Waals surface area contributed by atoms with Gasteiger partial charge in [-0.25, -0.2) is 0 Å². The SMILES string of the molecule is Cn1cc(C(NN)C2COCCO2)cn1. The molecular weight excluding hydrogens is 196 g/mol. The molecule has 1 aromatic rings. The van der Waals surface area contributed by atoms with E-state index in [0.717, 1.165) is 5.56 Å². The first kappa shape index (κ1) is 10.6. The molecule has 1 aliphatic heterocycles. The Labute approximate surface area is 88.3 Å². The fourth-order valence-corrected chi connectivity index (χ4v) is 1.72. The van der Waals surface area contributed by atoms with Crippen LogP contribution in [0.2, 0.25) is 0 Å². The topological polar surface area (TPSA) is 74.3 Å². The molecule has 1 fully saturated rings. The fraction of sp³-hybridized carbons (Fsp3) is 0.667. The van der Waals surface area contributed by atoms with Crippen molar-refractivity contribution in [3.8, 4) is 0 Å². The minimum absolute atomic E-state index is 0.0482. The predicted octanol–water partition coefficient (Wildman–Crippen LogP) is -0.660. The molecule has 2 atom stereocenters. The van der Waals surface area contributed by atoms with Gasteiger partial charge in [-0.1, -0.05) is 0 Å². The van der Waals surface area contributed by atoms with Crippen molar-refractivity contribution in [3.63, 3.8) is 0 Å². The van der Waals surface area contributed by atoms with Crippen LogP contribution in [0.15, 0.2) is 12.4 Å². The summed E-state index contributed by atoms with van der Waals surface area (Å²) in [6, 6.07) is -0.0704. The van der Waals surface area contributed by atoms with Gasteiger partial charge in [-0.15, -0.1) is 0 Å². The summed E-state index contributed by atoms with van der Waals surface area (Å²) in [6.07, 6.45) is 3.65. The van der Waals surface area contributed by atoms with Crippen LogP contribution >= 0.6 is 0 Å². The Balaban J connectivity index is 2.08. The molecule has 15 heavy (non-hydrogen) atoms. The third-order valence-corrected chi connectivity index (χ3v) is 2.48. The van der Waals surface area contributed by atoms with E-state index < -0.39 is 0 Å². The summed E-state index contributed by atoms with van der Waals surface area (Å²) in [7, 11) is 1.87. The first-order chi connectivity index (χ1) is 7.31. The van der Waals surface area contributed by atoms with E-state index in [0.29, 0.717) is 19.8 Å². The molecule has 1 aliphatic rings. The van der Waals surface area contributed by atoms with Crippen LogP contribution in [-0.2, 0) is 16.5 Å². The predicted molar refractivity (Wildman–Crippen MR) is 53.8 cm³/mol. The highest BCUT2D eigenvalue weighted by Crippen LogP contribution is 2.19. The highest BCUT2D eigenvalue weighted by molar-refractivity contribution is 5.12. The molecular formula is C9H16N4O2. The van der Waals surface area contributed by atoms with E-state index in [4.69, 9.17) is 15.3 Å². The van der Waals surface area contributed by atoms with Crippen molar-refractivity contribution in [1.82, 2.24) is 15.2 Å². The van der Waals surface area contributed by atoms with Gasteiger partial charge < -0.3 is 9.47 Å². The zero-order chi connectivity index (χ0) is 10.7. The van der Waals surface area contributed by atoms with E-state index in [1.54, 1.807) is 10.9 Å².